The maximum Gasteiger partial charge on any atom is 0.262 e. The van der Waals surface area contributed by atoms with E-state index >= 15 is 0 Å². The van der Waals surface area contributed by atoms with E-state index in [0.29, 0.717) is 34.3 Å². The number of methoxy groups -OCH3 is 1. The highest BCUT2D eigenvalue weighted by atomic mass is 32.2. The Balaban J connectivity index is 2.29. The maximum atomic E-state index is 12.8. The van der Waals surface area contributed by atoms with E-state index in [9.17, 15) is 8.42 Å². The minimum absolute atomic E-state index is 0.153. The van der Waals surface area contributed by atoms with E-state index in [-0.39, 0.29) is 4.90 Å². The maximum absolute atomic E-state index is 12.8. The quantitative estimate of drug-likeness (QED) is 0.497. The molecule has 0 fully saturated rings. The van der Waals surface area contributed by atoms with E-state index in [4.69, 9.17) is 17.0 Å². The first-order valence-electron chi connectivity index (χ1n) is 7.79. The van der Waals surface area contributed by atoms with Crippen LogP contribution in [0.25, 0.3) is 0 Å². The van der Waals surface area contributed by atoms with Gasteiger partial charge in [0, 0.05) is 12.2 Å². The number of ether oxygens (including phenoxy) is 1. The van der Waals surface area contributed by atoms with Crippen LogP contribution >= 0.6 is 12.2 Å². The van der Waals surface area contributed by atoms with Crippen molar-refractivity contribution in [1.82, 2.24) is 5.32 Å². The molecule has 3 N–H and O–H groups in total. The number of para-hydroxylation sites is 2. The summed E-state index contributed by atoms with van der Waals surface area (Å²) in [6.07, 6.45) is 1.68. The molecule has 0 atom stereocenters. The minimum atomic E-state index is -3.80. The zero-order valence-electron chi connectivity index (χ0n) is 14.6. The van der Waals surface area contributed by atoms with Crippen LogP contribution in [0.15, 0.2) is 60.0 Å². The highest BCUT2D eigenvalue weighted by Crippen LogP contribution is 2.28. The number of benzene rings is 2. The van der Waals surface area contributed by atoms with Gasteiger partial charge in [0.25, 0.3) is 10.0 Å². The molecule has 2 aromatic carbocycles. The van der Waals surface area contributed by atoms with Crippen LogP contribution in [0.2, 0.25) is 0 Å². The number of thiocarbonyl (C=S) groups is 1. The van der Waals surface area contributed by atoms with Gasteiger partial charge < -0.3 is 15.4 Å². The van der Waals surface area contributed by atoms with Gasteiger partial charge in [-0.3, -0.25) is 4.72 Å². The molecule has 0 saturated carbocycles. The second-order valence-corrected chi connectivity index (χ2v) is 7.47. The summed E-state index contributed by atoms with van der Waals surface area (Å²) in [6, 6.07) is 11.8. The average molecular weight is 392 g/mol. The molecule has 0 heterocycles. The van der Waals surface area contributed by atoms with E-state index in [1.807, 2.05) is 0 Å². The highest BCUT2D eigenvalue weighted by molar-refractivity contribution is 7.92. The molecular weight excluding hydrogens is 370 g/mol. The average Bonchev–Trinajstić information content (AvgIpc) is 2.61. The van der Waals surface area contributed by atoms with Crippen LogP contribution < -0.4 is 20.1 Å². The van der Waals surface area contributed by atoms with E-state index in [2.05, 4.69) is 21.9 Å². The largest absolute Gasteiger partial charge is 0.495 e. The molecule has 0 amide bonds. The Kier molecular flexibility index (Phi) is 6.59. The van der Waals surface area contributed by atoms with E-state index < -0.39 is 10.0 Å². The second kappa shape index (κ2) is 8.68. The molecule has 0 spiro atoms. The van der Waals surface area contributed by atoms with Crippen LogP contribution in [0.4, 0.5) is 11.4 Å². The van der Waals surface area contributed by atoms with Crippen LogP contribution in [0.1, 0.15) is 5.56 Å². The zero-order chi connectivity index (χ0) is 19.2. The standard InChI is InChI=1S/C18H21N3O3S2/c1-4-11-19-18(25)20-14-10-9-13(2)17(12-14)26(22,23)21-15-7-5-6-8-16(15)24-3/h4-10,12,21H,1,11H2,2-3H3,(H2,19,20,25). The molecule has 0 saturated heterocycles. The fourth-order valence-corrected chi connectivity index (χ4v) is 3.78. The van der Waals surface area contributed by atoms with E-state index in [1.54, 1.807) is 49.4 Å². The fraction of sp³-hybridized carbons (Fsp3) is 0.167. The molecule has 138 valence electrons. The van der Waals surface area contributed by atoms with E-state index in [1.165, 1.54) is 13.2 Å². The number of anilines is 2. The number of nitrogens with one attached hydrogen (secondary N) is 3. The van der Waals surface area contributed by atoms with Crippen LogP contribution in [-0.2, 0) is 10.0 Å². The van der Waals surface area contributed by atoms with Gasteiger partial charge in [-0.1, -0.05) is 24.3 Å². The summed E-state index contributed by atoms with van der Waals surface area (Å²) in [6.45, 7) is 5.85. The SMILES string of the molecule is C=CCNC(=S)Nc1ccc(C)c(S(=O)(=O)Nc2ccccc2OC)c1. The number of sulfonamides is 1. The molecule has 0 unspecified atom stereocenters. The Morgan fingerprint density at radius 3 is 2.69 bits per heavy atom. The Bertz CT molecular complexity index is 912. The van der Waals surface area contributed by atoms with Crippen molar-refractivity contribution in [3.05, 3.63) is 60.7 Å². The van der Waals surface area contributed by atoms with Gasteiger partial charge in [-0.15, -0.1) is 6.58 Å². The molecule has 0 aliphatic rings. The third-order valence-electron chi connectivity index (χ3n) is 3.49. The molecule has 0 aliphatic heterocycles. The van der Waals surface area contributed by atoms with Crippen LogP contribution in [0, 0.1) is 6.92 Å². The highest BCUT2D eigenvalue weighted by Gasteiger charge is 2.19. The molecule has 2 rings (SSSR count). The van der Waals surface area contributed by atoms with Crippen LogP contribution in [-0.4, -0.2) is 27.2 Å². The fourth-order valence-electron chi connectivity index (χ4n) is 2.24. The van der Waals surface area contributed by atoms with Crippen molar-refractivity contribution < 1.29 is 13.2 Å². The monoisotopic (exact) mass is 391 g/mol. The summed E-state index contributed by atoms with van der Waals surface area (Å²) >= 11 is 5.16. The van der Waals surface area contributed by atoms with Crippen molar-refractivity contribution in [2.75, 3.05) is 23.7 Å². The Hall–Kier alpha value is -2.58. The summed E-state index contributed by atoms with van der Waals surface area (Å²) in [7, 11) is -2.32. The molecular formula is C18H21N3O3S2. The summed E-state index contributed by atoms with van der Waals surface area (Å²) in [5, 5.41) is 6.27. The summed E-state index contributed by atoms with van der Waals surface area (Å²) in [4.78, 5) is 0.153. The molecule has 0 bridgehead atoms. The number of rotatable bonds is 7. The van der Waals surface area contributed by atoms with Crippen molar-refractivity contribution in [3.63, 3.8) is 0 Å². The van der Waals surface area contributed by atoms with E-state index in [0.717, 1.165) is 0 Å². The van der Waals surface area contributed by atoms with Crippen LogP contribution in [0.5, 0.6) is 5.75 Å². The first-order valence-corrected chi connectivity index (χ1v) is 9.68. The third kappa shape index (κ3) is 4.96. The van der Waals surface area contributed by atoms with Crippen molar-refractivity contribution in [2.24, 2.45) is 0 Å². The lowest BCUT2D eigenvalue weighted by molar-refractivity contribution is 0.417. The van der Waals surface area contributed by atoms with Gasteiger partial charge in [0.15, 0.2) is 5.11 Å². The second-order valence-electron chi connectivity index (χ2n) is 5.41. The minimum Gasteiger partial charge on any atom is -0.495 e. The molecule has 26 heavy (non-hydrogen) atoms. The Morgan fingerprint density at radius 2 is 2.00 bits per heavy atom. The van der Waals surface area contributed by atoms with Gasteiger partial charge in [-0.2, -0.15) is 0 Å². The summed E-state index contributed by atoms with van der Waals surface area (Å²) in [5.74, 6) is 0.442. The number of hydrogen-bond acceptors (Lipinski definition) is 4. The molecule has 0 aliphatic carbocycles. The van der Waals surface area contributed by atoms with Crippen molar-refractivity contribution >= 4 is 38.7 Å². The van der Waals surface area contributed by atoms with Crippen molar-refractivity contribution in [1.29, 1.82) is 0 Å². The summed E-state index contributed by atoms with van der Waals surface area (Å²) < 4.78 is 33.5. The molecule has 0 radical (unpaired) electrons. The lowest BCUT2D eigenvalue weighted by Crippen LogP contribution is -2.28. The molecule has 2 aromatic rings. The first-order chi connectivity index (χ1) is 12.4. The van der Waals surface area contributed by atoms with Gasteiger partial charge in [0.05, 0.1) is 17.7 Å². The predicted molar refractivity (Wildman–Crippen MR) is 109 cm³/mol. The topological polar surface area (TPSA) is 79.5 Å². The van der Waals surface area contributed by atoms with Gasteiger partial charge in [0.1, 0.15) is 5.75 Å². The first kappa shape index (κ1) is 19.7. The molecule has 6 nitrogen and oxygen atoms in total. The normalized spacial score (nSPS) is 10.7. The smallest absolute Gasteiger partial charge is 0.262 e. The lowest BCUT2D eigenvalue weighted by Gasteiger charge is -2.15. The predicted octanol–water partition coefficient (Wildman–Crippen LogP) is 3.28. The lowest BCUT2D eigenvalue weighted by atomic mass is 10.2. The van der Waals surface area contributed by atoms with Crippen molar-refractivity contribution in [2.45, 2.75) is 11.8 Å². The Labute approximate surface area is 159 Å². The van der Waals surface area contributed by atoms with Gasteiger partial charge >= 0.3 is 0 Å². The molecule has 8 heteroatoms. The van der Waals surface area contributed by atoms with Crippen LogP contribution in [0.3, 0.4) is 0 Å². The van der Waals surface area contributed by atoms with Gasteiger partial charge in [-0.25, -0.2) is 8.42 Å². The number of hydrogen-bond donors (Lipinski definition) is 3. The zero-order valence-corrected chi connectivity index (χ0v) is 16.2. The summed E-state index contributed by atoms with van der Waals surface area (Å²) in [5.41, 5.74) is 1.55. The Morgan fingerprint density at radius 1 is 1.27 bits per heavy atom. The van der Waals surface area contributed by atoms with Gasteiger partial charge in [-0.05, 0) is 49.0 Å². The third-order valence-corrected chi connectivity index (χ3v) is 5.25. The molecule has 0 aromatic heterocycles. The van der Waals surface area contributed by atoms with Gasteiger partial charge in [0.2, 0.25) is 0 Å². The van der Waals surface area contributed by atoms with Crippen molar-refractivity contribution in [3.8, 4) is 5.75 Å². The number of aryl methyl sites for hydroxylation is 1.